The number of benzene rings is 2. The Kier molecular flexibility index (Phi) is 4.63. The fraction of sp³-hybridized carbons (Fsp3) is 0.318. The van der Waals surface area contributed by atoms with Crippen LogP contribution in [-0.2, 0) is 4.79 Å². The van der Waals surface area contributed by atoms with E-state index in [1.54, 1.807) is 6.92 Å². The van der Waals surface area contributed by atoms with Crippen LogP contribution in [0.15, 0.2) is 54.6 Å². The standard InChI is InChI=1S/C22H23N3O3/c1-22(20(27)23-21(28)24-22)18-11-13-25(14-12-18)19(26)17-9-7-16(8-10-17)15-5-3-2-4-6-15/h2-10,18H,11-14H2,1H3,(H2,23,24,27,28)/t22-/m0/s1. The van der Waals surface area contributed by atoms with Crippen LogP contribution in [0.3, 0.4) is 0 Å². The summed E-state index contributed by atoms with van der Waals surface area (Å²) in [7, 11) is 0. The summed E-state index contributed by atoms with van der Waals surface area (Å²) in [6.07, 6.45) is 1.36. The van der Waals surface area contributed by atoms with Gasteiger partial charge in [0.25, 0.3) is 11.8 Å². The van der Waals surface area contributed by atoms with Crippen LogP contribution in [-0.4, -0.2) is 41.4 Å². The number of likely N-dealkylation sites (tertiary alicyclic amines) is 1. The summed E-state index contributed by atoms with van der Waals surface area (Å²) < 4.78 is 0. The van der Waals surface area contributed by atoms with Gasteiger partial charge >= 0.3 is 6.03 Å². The van der Waals surface area contributed by atoms with Gasteiger partial charge in [-0.3, -0.25) is 14.9 Å². The number of piperidine rings is 1. The maximum absolute atomic E-state index is 12.8. The summed E-state index contributed by atoms with van der Waals surface area (Å²) in [5.74, 6) is -0.259. The molecule has 28 heavy (non-hydrogen) atoms. The lowest BCUT2D eigenvalue weighted by molar-refractivity contribution is -0.125. The van der Waals surface area contributed by atoms with E-state index >= 15 is 0 Å². The van der Waals surface area contributed by atoms with E-state index in [1.165, 1.54) is 0 Å². The number of rotatable bonds is 3. The van der Waals surface area contributed by atoms with E-state index < -0.39 is 11.6 Å². The third-order valence-electron chi connectivity index (χ3n) is 5.91. The van der Waals surface area contributed by atoms with Crippen LogP contribution < -0.4 is 10.6 Å². The highest BCUT2D eigenvalue weighted by atomic mass is 16.2. The van der Waals surface area contributed by atoms with Crippen molar-refractivity contribution in [3.8, 4) is 11.1 Å². The van der Waals surface area contributed by atoms with E-state index in [0.717, 1.165) is 11.1 Å². The van der Waals surface area contributed by atoms with Crippen molar-refractivity contribution in [2.45, 2.75) is 25.3 Å². The Labute approximate surface area is 163 Å². The quantitative estimate of drug-likeness (QED) is 0.808. The van der Waals surface area contributed by atoms with Crippen LogP contribution >= 0.6 is 0 Å². The number of carbonyl (C=O) groups is 3. The Morgan fingerprint density at radius 3 is 2.14 bits per heavy atom. The molecule has 2 aliphatic heterocycles. The van der Waals surface area contributed by atoms with Crippen LogP contribution in [0.2, 0.25) is 0 Å². The van der Waals surface area contributed by atoms with Crippen LogP contribution in [0.1, 0.15) is 30.1 Å². The van der Waals surface area contributed by atoms with E-state index in [-0.39, 0.29) is 17.7 Å². The smallest absolute Gasteiger partial charge is 0.322 e. The van der Waals surface area contributed by atoms with Gasteiger partial charge in [0.05, 0.1) is 0 Å². The van der Waals surface area contributed by atoms with Gasteiger partial charge in [-0.15, -0.1) is 0 Å². The molecule has 6 heteroatoms. The number of carbonyl (C=O) groups excluding carboxylic acids is 3. The van der Waals surface area contributed by atoms with Crippen molar-refractivity contribution >= 4 is 17.8 Å². The van der Waals surface area contributed by atoms with Gasteiger partial charge in [0.15, 0.2) is 0 Å². The maximum atomic E-state index is 12.8. The molecule has 0 spiro atoms. The van der Waals surface area contributed by atoms with Crippen molar-refractivity contribution in [3.63, 3.8) is 0 Å². The van der Waals surface area contributed by atoms with Crippen molar-refractivity contribution in [1.82, 2.24) is 15.5 Å². The first-order valence-electron chi connectivity index (χ1n) is 9.56. The summed E-state index contributed by atoms with van der Waals surface area (Å²) in [6, 6.07) is 17.3. The summed E-state index contributed by atoms with van der Waals surface area (Å²) in [6.45, 7) is 2.91. The molecule has 0 aliphatic carbocycles. The number of amides is 4. The van der Waals surface area contributed by atoms with E-state index in [2.05, 4.69) is 10.6 Å². The summed E-state index contributed by atoms with van der Waals surface area (Å²) in [5, 5.41) is 5.06. The first-order valence-corrected chi connectivity index (χ1v) is 9.56. The second-order valence-electron chi connectivity index (χ2n) is 7.62. The minimum absolute atomic E-state index is 0.00289. The fourth-order valence-corrected chi connectivity index (χ4v) is 4.12. The Balaban J connectivity index is 1.40. The molecule has 2 N–H and O–H groups in total. The van der Waals surface area contributed by atoms with Gasteiger partial charge in [-0.2, -0.15) is 0 Å². The largest absolute Gasteiger partial charge is 0.339 e. The van der Waals surface area contributed by atoms with Crippen molar-refractivity contribution in [2.75, 3.05) is 13.1 Å². The number of urea groups is 1. The van der Waals surface area contributed by atoms with E-state index in [4.69, 9.17) is 0 Å². The molecule has 2 fully saturated rings. The van der Waals surface area contributed by atoms with Crippen LogP contribution in [0, 0.1) is 5.92 Å². The minimum atomic E-state index is -0.885. The minimum Gasteiger partial charge on any atom is -0.339 e. The number of hydrogen-bond donors (Lipinski definition) is 2. The molecule has 2 saturated heterocycles. The average molecular weight is 377 g/mol. The first-order chi connectivity index (χ1) is 13.5. The number of hydrogen-bond acceptors (Lipinski definition) is 3. The van der Waals surface area contributed by atoms with Crippen molar-refractivity contribution < 1.29 is 14.4 Å². The van der Waals surface area contributed by atoms with Crippen molar-refractivity contribution in [2.24, 2.45) is 5.92 Å². The maximum Gasteiger partial charge on any atom is 0.322 e. The topological polar surface area (TPSA) is 78.5 Å². The normalized spacial score (nSPS) is 22.7. The van der Waals surface area contributed by atoms with Crippen LogP contribution in [0.5, 0.6) is 0 Å². The van der Waals surface area contributed by atoms with Crippen molar-refractivity contribution in [1.29, 1.82) is 0 Å². The highest BCUT2D eigenvalue weighted by Crippen LogP contribution is 2.31. The highest BCUT2D eigenvalue weighted by Gasteiger charge is 2.48. The zero-order valence-corrected chi connectivity index (χ0v) is 15.8. The molecule has 6 nitrogen and oxygen atoms in total. The number of nitrogens with one attached hydrogen (secondary N) is 2. The van der Waals surface area contributed by atoms with Gasteiger partial charge < -0.3 is 10.2 Å². The highest BCUT2D eigenvalue weighted by molar-refractivity contribution is 6.07. The first kappa shape index (κ1) is 18.2. The Hall–Kier alpha value is -3.15. The molecule has 144 valence electrons. The molecule has 0 unspecified atom stereocenters. The van der Waals surface area contributed by atoms with Gasteiger partial charge in [0.1, 0.15) is 5.54 Å². The molecule has 0 bridgehead atoms. The predicted octanol–water partition coefficient (Wildman–Crippen LogP) is 2.80. The molecule has 2 aromatic rings. The third-order valence-corrected chi connectivity index (χ3v) is 5.91. The van der Waals surface area contributed by atoms with Gasteiger partial charge in [-0.1, -0.05) is 42.5 Å². The Morgan fingerprint density at radius 1 is 0.964 bits per heavy atom. The predicted molar refractivity (Wildman–Crippen MR) is 106 cm³/mol. The molecule has 2 aromatic carbocycles. The van der Waals surface area contributed by atoms with E-state index in [0.29, 0.717) is 31.5 Å². The fourth-order valence-electron chi connectivity index (χ4n) is 4.12. The van der Waals surface area contributed by atoms with Crippen molar-refractivity contribution in [3.05, 3.63) is 60.2 Å². The molecule has 0 aromatic heterocycles. The van der Waals surface area contributed by atoms with E-state index in [9.17, 15) is 14.4 Å². The Bertz CT molecular complexity index is 902. The van der Waals surface area contributed by atoms with Crippen LogP contribution in [0.25, 0.3) is 11.1 Å². The summed E-state index contributed by atoms with van der Waals surface area (Å²) in [5.41, 5.74) is 1.97. The van der Waals surface area contributed by atoms with Gasteiger partial charge in [-0.25, -0.2) is 4.79 Å². The molecule has 4 rings (SSSR count). The zero-order valence-electron chi connectivity index (χ0n) is 15.8. The summed E-state index contributed by atoms with van der Waals surface area (Å²) >= 11 is 0. The molecule has 0 saturated carbocycles. The average Bonchev–Trinajstić information content (AvgIpc) is 3.01. The molecular weight excluding hydrogens is 354 g/mol. The zero-order chi connectivity index (χ0) is 19.7. The Morgan fingerprint density at radius 2 is 1.57 bits per heavy atom. The van der Waals surface area contributed by atoms with Crippen LogP contribution in [0.4, 0.5) is 4.79 Å². The van der Waals surface area contributed by atoms with Gasteiger partial charge in [-0.05, 0) is 48.9 Å². The number of nitrogens with zero attached hydrogens (tertiary/aromatic N) is 1. The molecular formula is C22H23N3O3. The number of imide groups is 1. The summed E-state index contributed by atoms with van der Waals surface area (Å²) in [4.78, 5) is 38.3. The second-order valence-corrected chi connectivity index (χ2v) is 7.62. The molecule has 0 radical (unpaired) electrons. The lowest BCUT2D eigenvalue weighted by Crippen LogP contribution is -2.54. The lowest BCUT2D eigenvalue weighted by Gasteiger charge is -2.38. The monoisotopic (exact) mass is 377 g/mol. The second kappa shape index (κ2) is 7.11. The lowest BCUT2D eigenvalue weighted by atomic mass is 9.79. The molecule has 2 aliphatic rings. The molecule has 1 atom stereocenters. The SMILES string of the molecule is C[C@@]1(C2CCN(C(=O)c3ccc(-c4ccccc4)cc3)CC2)NC(=O)NC1=O. The molecule has 4 amide bonds. The van der Waals surface area contributed by atoms with Gasteiger partial charge in [0.2, 0.25) is 0 Å². The van der Waals surface area contributed by atoms with E-state index in [1.807, 2.05) is 59.5 Å². The third kappa shape index (κ3) is 3.26. The molecule has 2 heterocycles. The van der Waals surface area contributed by atoms with Gasteiger partial charge in [0, 0.05) is 18.7 Å².